The second kappa shape index (κ2) is 14.5. The van der Waals surface area contributed by atoms with Crippen molar-refractivity contribution in [3.63, 3.8) is 0 Å². The lowest BCUT2D eigenvalue weighted by Gasteiger charge is -2.12. The van der Waals surface area contributed by atoms with Crippen molar-refractivity contribution in [2.75, 3.05) is 24.8 Å². The predicted octanol–water partition coefficient (Wildman–Crippen LogP) is 5.58. The summed E-state index contributed by atoms with van der Waals surface area (Å²) in [6, 6.07) is 12.5. The summed E-state index contributed by atoms with van der Waals surface area (Å²) >= 11 is 2.57. The number of nitrogens with zero attached hydrogens (tertiary/aromatic N) is 3. The number of amides is 2. The minimum absolute atomic E-state index is 0.0254. The molecule has 0 bridgehead atoms. The molecule has 0 spiro atoms. The smallest absolute Gasteiger partial charge is 0.341 e. The first kappa shape index (κ1) is 31.2. The quantitative estimate of drug-likeness (QED) is 0.124. The molecule has 0 fully saturated rings. The molecule has 1 aliphatic rings. The van der Waals surface area contributed by atoms with E-state index in [1.807, 2.05) is 0 Å². The van der Waals surface area contributed by atoms with Crippen molar-refractivity contribution in [1.82, 2.24) is 20.1 Å². The van der Waals surface area contributed by atoms with E-state index >= 15 is 0 Å². The minimum Gasteiger partial charge on any atom is -0.497 e. The number of anilines is 1. The van der Waals surface area contributed by atoms with Gasteiger partial charge in [0, 0.05) is 16.1 Å². The van der Waals surface area contributed by atoms with E-state index < -0.39 is 11.8 Å². The zero-order valence-electron chi connectivity index (χ0n) is 24.4. The number of esters is 1. The fourth-order valence-corrected chi connectivity index (χ4v) is 6.97. The third kappa shape index (κ3) is 7.28. The molecule has 2 aromatic heterocycles. The van der Waals surface area contributed by atoms with E-state index in [0.717, 1.165) is 54.3 Å². The molecule has 0 atom stereocenters. The van der Waals surface area contributed by atoms with Crippen LogP contribution in [0.15, 0.2) is 53.7 Å². The number of aromatic nitrogens is 3. The second-order valence-corrected chi connectivity index (χ2v) is 12.0. The summed E-state index contributed by atoms with van der Waals surface area (Å²) in [5, 5.41) is 15.2. The Hall–Kier alpha value is -4.23. The number of hydrogen-bond donors (Lipinski definition) is 2. The Kier molecular flexibility index (Phi) is 10.3. The van der Waals surface area contributed by atoms with Gasteiger partial charge in [0.1, 0.15) is 16.6 Å². The van der Waals surface area contributed by atoms with Crippen LogP contribution in [-0.2, 0) is 28.9 Å². The summed E-state index contributed by atoms with van der Waals surface area (Å²) in [4.78, 5) is 39.9. The number of methoxy groups -OCH3 is 1. The predicted molar refractivity (Wildman–Crippen MR) is 166 cm³/mol. The number of fused-ring (bicyclic) bond motifs is 1. The maximum Gasteiger partial charge on any atom is 0.341 e. The summed E-state index contributed by atoms with van der Waals surface area (Å²) in [6.45, 7) is 2.04. The van der Waals surface area contributed by atoms with Crippen LogP contribution in [-0.4, -0.2) is 52.0 Å². The lowest BCUT2D eigenvalue weighted by molar-refractivity contribution is -0.113. The molecule has 0 aliphatic heterocycles. The summed E-state index contributed by atoms with van der Waals surface area (Å²) < 4.78 is 25.9. The zero-order valence-corrected chi connectivity index (χ0v) is 26.0. The fraction of sp³-hybridized carbons (Fsp3) is 0.323. The molecule has 0 radical (unpaired) electrons. The van der Waals surface area contributed by atoms with E-state index in [2.05, 4.69) is 20.8 Å². The average Bonchev–Trinajstić information content (AvgIpc) is 3.51. The van der Waals surface area contributed by atoms with Crippen LogP contribution in [0.25, 0.3) is 5.69 Å². The van der Waals surface area contributed by atoms with Gasteiger partial charge in [-0.1, -0.05) is 18.2 Å². The van der Waals surface area contributed by atoms with E-state index in [-0.39, 0.29) is 30.7 Å². The monoisotopic (exact) mass is 637 g/mol. The molecule has 0 saturated carbocycles. The van der Waals surface area contributed by atoms with Gasteiger partial charge in [-0.15, -0.1) is 21.5 Å². The number of thioether (sulfide) groups is 1. The number of aryl methyl sites for hydroxylation is 1. The fourth-order valence-electron chi connectivity index (χ4n) is 4.90. The van der Waals surface area contributed by atoms with Crippen molar-refractivity contribution < 1.29 is 28.2 Å². The molecular formula is C31H32FN5O5S2. The highest BCUT2D eigenvalue weighted by Crippen LogP contribution is 2.38. The molecule has 4 aromatic rings. The highest BCUT2D eigenvalue weighted by molar-refractivity contribution is 7.99. The van der Waals surface area contributed by atoms with Crippen LogP contribution >= 0.6 is 23.1 Å². The molecule has 2 aromatic carbocycles. The Morgan fingerprint density at radius 3 is 2.50 bits per heavy atom. The molecule has 2 heterocycles. The van der Waals surface area contributed by atoms with E-state index in [9.17, 15) is 18.8 Å². The van der Waals surface area contributed by atoms with Gasteiger partial charge in [0.2, 0.25) is 5.91 Å². The topological polar surface area (TPSA) is 124 Å². The maximum absolute atomic E-state index is 13.7. The molecule has 5 rings (SSSR count). The van der Waals surface area contributed by atoms with Gasteiger partial charge in [0.25, 0.3) is 5.91 Å². The van der Waals surface area contributed by atoms with Gasteiger partial charge in [-0.2, -0.15) is 0 Å². The van der Waals surface area contributed by atoms with Gasteiger partial charge in [0.15, 0.2) is 11.0 Å². The highest BCUT2D eigenvalue weighted by Gasteiger charge is 2.27. The Morgan fingerprint density at radius 1 is 1.02 bits per heavy atom. The number of hydrogen-bond acceptors (Lipinski definition) is 9. The maximum atomic E-state index is 13.7. The number of carbonyl (C=O) groups excluding carboxylic acids is 3. The van der Waals surface area contributed by atoms with Gasteiger partial charge in [-0.05, 0) is 86.7 Å². The van der Waals surface area contributed by atoms with Crippen molar-refractivity contribution in [2.24, 2.45) is 0 Å². The lowest BCUT2D eigenvalue weighted by Crippen LogP contribution is -2.24. The van der Waals surface area contributed by atoms with Crippen LogP contribution in [0, 0.1) is 5.82 Å². The van der Waals surface area contributed by atoms with Gasteiger partial charge >= 0.3 is 5.97 Å². The molecule has 2 amide bonds. The SMILES string of the molecule is CCOC(=O)c1c(NC(=O)CSc2nnc(CNC(=O)c3ccc(OC)cc3)n2-c2ccc(F)cc2)sc2c1CCCCC2. The molecule has 230 valence electrons. The Balaban J connectivity index is 1.32. The Morgan fingerprint density at radius 2 is 1.77 bits per heavy atom. The molecule has 1 aliphatic carbocycles. The molecule has 0 unspecified atom stereocenters. The average molecular weight is 638 g/mol. The highest BCUT2D eigenvalue weighted by atomic mass is 32.2. The number of thiophene rings is 1. The first-order valence-corrected chi connectivity index (χ1v) is 16.0. The zero-order chi connectivity index (χ0) is 31.1. The first-order valence-electron chi connectivity index (χ1n) is 14.2. The van der Waals surface area contributed by atoms with Crippen LogP contribution < -0.4 is 15.4 Å². The van der Waals surface area contributed by atoms with E-state index in [1.54, 1.807) is 55.0 Å². The van der Waals surface area contributed by atoms with Crippen molar-refractivity contribution in [3.05, 3.63) is 81.7 Å². The van der Waals surface area contributed by atoms with Gasteiger partial charge in [0.05, 0.1) is 31.6 Å². The number of benzene rings is 2. The van der Waals surface area contributed by atoms with Crippen molar-refractivity contribution in [1.29, 1.82) is 0 Å². The normalized spacial score (nSPS) is 12.6. The first-order chi connectivity index (χ1) is 21.4. The molecule has 2 N–H and O–H groups in total. The summed E-state index contributed by atoms with van der Waals surface area (Å²) in [5.74, 6) is -0.463. The lowest BCUT2D eigenvalue weighted by atomic mass is 10.1. The Bertz CT molecular complexity index is 1640. The largest absolute Gasteiger partial charge is 0.497 e. The third-order valence-corrected chi connectivity index (χ3v) is 9.17. The summed E-state index contributed by atoms with van der Waals surface area (Å²) in [6.07, 6.45) is 4.78. The van der Waals surface area contributed by atoms with Gasteiger partial charge in [-0.25, -0.2) is 9.18 Å². The molecule has 0 saturated heterocycles. The molecule has 13 heteroatoms. The number of halogens is 1. The number of carbonyl (C=O) groups is 3. The number of nitrogens with one attached hydrogen (secondary N) is 2. The van der Waals surface area contributed by atoms with Crippen LogP contribution in [0.5, 0.6) is 5.75 Å². The summed E-state index contributed by atoms with van der Waals surface area (Å²) in [7, 11) is 1.55. The second-order valence-electron chi connectivity index (χ2n) is 9.95. The third-order valence-electron chi connectivity index (χ3n) is 7.03. The molecule has 10 nitrogen and oxygen atoms in total. The number of rotatable bonds is 11. The van der Waals surface area contributed by atoms with Crippen molar-refractivity contribution >= 4 is 45.9 Å². The van der Waals surface area contributed by atoms with Gasteiger partial charge < -0.3 is 20.1 Å². The van der Waals surface area contributed by atoms with E-state index in [0.29, 0.717) is 38.5 Å². The van der Waals surface area contributed by atoms with Crippen LogP contribution in [0.1, 0.15) is 63.2 Å². The minimum atomic E-state index is -0.424. The number of ether oxygens (including phenoxy) is 2. The standard InChI is InChI=1S/C31H32FN5O5S2/c1-3-42-30(40)27-23-7-5-4-6-8-24(23)44-29(27)34-26(38)18-43-31-36-35-25(37(31)21-13-11-20(32)12-14-21)17-33-28(39)19-9-15-22(41-2)16-10-19/h9-16H,3-8,17-18H2,1-2H3,(H,33,39)(H,34,38). The van der Waals surface area contributed by atoms with Crippen molar-refractivity contribution in [2.45, 2.75) is 50.7 Å². The molecular weight excluding hydrogens is 606 g/mol. The Labute approximate surface area is 262 Å². The van der Waals surface area contributed by atoms with Crippen LogP contribution in [0.3, 0.4) is 0 Å². The van der Waals surface area contributed by atoms with Crippen molar-refractivity contribution in [3.8, 4) is 11.4 Å². The van der Waals surface area contributed by atoms with Crippen LogP contribution in [0.2, 0.25) is 0 Å². The van der Waals surface area contributed by atoms with E-state index in [4.69, 9.17) is 9.47 Å². The summed E-state index contributed by atoms with van der Waals surface area (Å²) in [5.41, 5.74) is 2.44. The van der Waals surface area contributed by atoms with E-state index in [1.165, 1.54) is 23.5 Å². The van der Waals surface area contributed by atoms with Crippen LogP contribution in [0.4, 0.5) is 9.39 Å². The van der Waals surface area contributed by atoms with Gasteiger partial charge in [-0.3, -0.25) is 14.2 Å². The molecule has 44 heavy (non-hydrogen) atoms.